The van der Waals surface area contributed by atoms with E-state index in [2.05, 4.69) is 80.4 Å². The van der Waals surface area contributed by atoms with Crippen molar-refractivity contribution >= 4 is 11.4 Å². The average Bonchev–Trinajstić information content (AvgIpc) is 3.62. The van der Waals surface area contributed by atoms with Gasteiger partial charge in [-0.2, -0.15) is 0 Å². The van der Waals surface area contributed by atoms with Crippen LogP contribution >= 0.6 is 0 Å². The minimum absolute atomic E-state index is 0.803. The number of benzene rings is 2. The Balaban J connectivity index is 1.60. The Bertz CT molecular complexity index is 1060. The lowest BCUT2D eigenvalue weighted by molar-refractivity contribution is 0.958. The fourth-order valence-corrected chi connectivity index (χ4v) is 3.88. The highest BCUT2D eigenvalue weighted by atomic mass is 14.8. The van der Waals surface area contributed by atoms with E-state index in [0.29, 0.717) is 0 Å². The Kier molecular flexibility index (Phi) is 6.23. The first-order chi connectivity index (χ1) is 14.7. The first-order valence-corrected chi connectivity index (χ1v) is 11.0. The molecule has 1 aromatic heterocycles. The molecule has 152 valence electrons. The monoisotopic (exact) mass is 394 g/mol. The molecule has 0 unspecified atom stereocenters. The summed E-state index contributed by atoms with van der Waals surface area (Å²) in [5.74, 6) is 0.803. The zero-order chi connectivity index (χ0) is 20.9. The number of rotatable bonds is 7. The van der Waals surface area contributed by atoms with Crippen molar-refractivity contribution in [2.24, 2.45) is 4.99 Å². The molecule has 4 rings (SSSR count). The van der Waals surface area contributed by atoms with Gasteiger partial charge in [0.05, 0.1) is 5.70 Å². The second-order valence-electron chi connectivity index (χ2n) is 8.24. The van der Waals surface area contributed by atoms with E-state index in [1.165, 1.54) is 40.7 Å². The summed E-state index contributed by atoms with van der Waals surface area (Å²) in [5.41, 5.74) is 9.58. The number of unbranched alkanes of at least 4 members (excludes halogenated alkanes) is 1. The van der Waals surface area contributed by atoms with Gasteiger partial charge < -0.3 is 0 Å². The lowest BCUT2D eigenvalue weighted by Gasteiger charge is -2.11. The van der Waals surface area contributed by atoms with E-state index in [0.717, 1.165) is 35.7 Å². The number of hydrogen-bond donors (Lipinski definition) is 0. The van der Waals surface area contributed by atoms with Gasteiger partial charge >= 0.3 is 0 Å². The van der Waals surface area contributed by atoms with Crippen LogP contribution in [0.15, 0.2) is 78.1 Å². The minimum Gasteiger partial charge on any atom is -0.264 e. The van der Waals surface area contributed by atoms with Gasteiger partial charge in [0, 0.05) is 23.7 Å². The second-order valence-corrected chi connectivity index (χ2v) is 8.24. The van der Waals surface area contributed by atoms with Crippen molar-refractivity contribution in [3.63, 3.8) is 0 Å². The lowest BCUT2D eigenvalue weighted by Crippen LogP contribution is -1.99. The summed E-state index contributed by atoms with van der Waals surface area (Å²) >= 11 is 0. The number of aryl methyl sites for hydroxylation is 1. The molecular weight excluding hydrogens is 364 g/mol. The quantitative estimate of drug-likeness (QED) is 0.379. The summed E-state index contributed by atoms with van der Waals surface area (Å²) < 4.78 is 0. The van der Waals surface area contributed by atoms with E-state index >= 15 is 0 Å². The van der Waals surface area contributed by atoms with Crippen molar-refractivity contribution in [1.82, 2.24) is 4.98 Å². The van der Waals surface area contributed by atoms with E-state index in [1.54, 1.807) is 6.20 Å². The highest BCUT2D eigenvalue weighted by Gasteiger charge is 2.23. The summed E-state index contributed by atoms with van der Waals surface area (Å²) in [5, 5.41) is 0. The van der Waals surface area contributed by atoms with Gasteiger partial charge in [-0.25, -0.2) is 0 Å². The van der Waals surface area contributed by atoms with Crippen LogP contribution in [0.5, 0.6) is 0 Å². The van der Waals surface area contributed by atoms with Crippen LogP contribution in [-0.4, -0.2) is 10.7 Å². The third-order valence-electron chi connectivity index (χ3n) is 5.78. The third kappa shape index (κ3) is 4.76. The number of hydrogen-bond acceptors (Lipinski definition) is 2. The molecule has 2 heteroatoms. The largest absolute Gasteiger partial charge is 0.264 e. The highest BCUT2D eigenvalue weighted by Crippen LogP contribution is 2.40. The van der Waals surface area contributed by atoms with Crippen molar-refractivity contribution in [3.05, 3.63) is 95.3 Å². The number of allylic oxidation sites excluding steroid dienone is 1. The standard InChI is InChI=1S/C28H30N2/c1-4-5-8-28(26-7-6-17-29-19-26)30-21(3)27-16-15-25(18-20(27)2)24-13-11-23(12-14-24)22-9-10-22/h6-8,11-19,22H,4-5,9-10H2,1-3H3/b28-8+,30-21?. The van der Waals surface area contributed by atoms with Gasteiger partial charge in [0.1, 0.15) is 0 Å². The first-order valence-electron chi connectivity index (χ1n) is 11.0. The highest BCUT2D eigenvalue weighted by molar-refractivity contribution is 6.03. The molecule has 1 fully saturated rings. The Morgan fingerprint density at radius 1 is 1.07 bits per heavy atom. The maximum Gasteiger partial charge on any atom is 0.0681 e. The van der Waals surface area contributed by atoms with Gasteiger partial charge in [-0.15, -0.1) is 0 Å². The molecule has 0 spiro atoms. The SMILES string of the molecule is CCC/C=C(/N=C(C)c1ccc(-c2ccc(C3CC3)cc2)cc1C)c1cccnc1. The molecule has 0 atom stereocenters. The Labute approximate surface area is 180 Å². The molecular formula is C28H30N2. The number of pyridine rings is 1. The number of nitrogens with zero attached hydrogens (tertiary/aromatic N) is 2. The summed E-state index contributed by atoms with van der Waals surface area (Å²) in [6.45, 7) is 6.46. The normalized spacial score (nSPS) is 14.8. The molecule has 30 heavy (non-hydrogen) atoms. The molecule has 1 saturated carbocycles. The fourth-order valence-electron chi connectivity index (χ4n) is 3.88. The first kappa shape index (κ1) is 20.3. The van der Waals surface area contributed by atoms with Gasteiger partial charge in [-0.05, 0) is 79.0 Å². The van der Waals surface area contributed by atoms with E-state index in [1.807, 2.05) is 12.3 Å². The van der Waals surface area contributed by atoms with Gasteiger partial charge in [-0.1, -0.05) is 61.9 Å². The molecule has 1 aliphatic carbocycles. The molecule has 2 nitrogen and oxygen atoms in total. The third-order valence-corrected chi connectivity index (χ3v) is 5.78. The summed E-state index contributed by atoms with van der Waals surface area (Å²) in [7, 11) is 0. The van der Waals surface area contributed by atoms with Crippen molar-refractivity contribution in [3.8, 4) is 11.1 Å². The topological polar surface area (TPSA) is 25.2 Å². The Morgan fingerprint density at radius 3 is 2.47 bits per heavy atom. The Morgan fingerprint density at radius 2 is 1.83 bits per heavy atom. The van der Waals surface area contributed by atoms with Gasteiger partial charge in [0.15, 0.2) is 0 Å². The predicted octanol–water partition coefficient (Wildman–Crippen LogP) is 7.58. The Hall–Kier alpha value is -3.00. The molecule has 2 aromatic carbocycles. The lowest BCUT2D eigenvalue weighted by atomic mass is 9.96. The van der Waals surface area contributed by atoms with Crippen LogP contribution in [0.1, 0.15) is 67.7 Å². The molecule has 1 aliphatic rings. The summed E-state index contributed by atoms with van der Waals surface area (Å²) in [6, 6.07) is 19.9. The van der Waals surface area contributed by atoms with Crippen LogP contribution in [0, 0.1) is 6.92 Å². The van der Waals surface area contributed by atoms with Crippen LogP contribution in [0.2, 0.25) is 0 Å². The van der Waals surface area contributed by atoms with E-state index in [9.17, 15) is 0 Å². The van der Waals surface area contributed by atoms with Crippen molar-refractivity contribution in [1.29, 1.82) is 0 Å². The van der Waals surface area contributed by atoms with Crippen LogP contribution < -0.4 is 0 Å². The smallest absolute Gasteiger partial charge is 0.0681 e. The van der Waals surface area contributed by atoms with Crippen LogP contribution in [-0.2, 0) is 0 Å². The van der Waals surface area contributed by atoms with Crippen LogP contribution in [0.25, 0.3) is 16.8 Å². The summed E-state index contributed by atoms with van der Waals surface area (Å²) in [4.78, 5) is 9.26. The van der Waals surface area contributed by atoms with Crippen molar-refractivity contribution in [2.75, 3.05) is 0 Å². The van der Waals surface area contributed by atoms with Crippen molar-refractivity contribution in [2.45, 2.75) is 52.4 Å². The number of aromatic nitrogens is 1. The zero-order valence-electron chi connectivity index (χ0n) is 18.2. The zero-order valence-corrected chi connectivity index (χ0v) is 18.2. The maximum atomic E-state index is 4.99. The molecule has 0 bridgehead atoms. The molecule has 0 radical (unpaired) electrons. The van der Waals surface area contributed by atoms with E-state index in [4.69, 9.17) is 4.99 Å². The molecule has 0 aliphatic heterocycles. The van der Waals surface area contributed by atoms with Gasteiger partial charge in [-0.3, -0.25) is 9.98 Å². The second kappa shape index (κ2) is 9.21. The van der Waals surface area contributed by atoms with Crippen LogP contribution in [0.4, 0.5) is 0 Å². The molecule has 0 saturated heterocycles. The van der Waals surface area contributed by atoms with E-state index < -0.39 is 0 Å². The maximum absolute atomic E-state index is 4.99. The molecule has 3 aromatic rings. The van der Waals surface area contributed by atoms with Crippen LogP contribution in [0.3, 0.4) is 0 Å². The predicted molar refractivity (Wildman–Crippen MR) is 128 cm³/mol. The average molecular weight is 395 g/mol. The fraction of sp³-hybridized carbons (Fsp3) is 0.286. The molecule has 0 N–H and O–H groups in total. The summed E-state index contributed by atoms with van der Waals surface area (Å²) in [6.07, 6.45) is 10.7. The van der Waals surface area contributed by atoms with E-state index in [-0.39, 0.29) is 0 Å². The molecule has 0 amide bonds. The van der Waals surface area contributed by atoms with Crippen molar-refractivity contribution < 1.29 is 0 Å². The van der Waals surface area contributed by atoms with Gasteiger partial charge in [0.2, 0.25) is 0 Å². The number of aliphatic imine (C=N–C) groups is 1. The van der Waals surface area contributed by atoms with Gasteiger partial charge in [0.25, 0.3) is 0 Å². The molecule has 1 heterocycles. The minimum atomic E-state index is 0.803.